The van der Waals surface area contributed by atoms with E-state index in [-0.39, 0.29) is 11.0 Å². The Morgan fingerprint density at radius 1 is 1.36 bits per heavy atom. The number of hydrogen-bond acceptors (Lipinski definition) is 2. The zero-order valence-electron chi connectivity index (χ0n) is 9.59. The van der Waals surface area contributed by atoms with E-state index in [1.165, 1.54) is 0 Å². The highest BCUT2D eigenvalue weighted by Crippen LogP contribution is 2.25. The molecular weight excluding hydrogens is 178 g/mol. The highest BCUT2D eigenvalue weighted by molar-refractivity contribution is 5.45. The Hall–Kier alpha value is -1.19. The van der Waals surface area contributed by atoms with Crippen LogP contribution in [0.2, 0.25) is 0 Å². The molecule has 0 aromatic carbocycles. The van der Waals surface area contributed by atoms with Gasteiger partial charge in [0.25, 0.3) is 5.56 Å². The summed E-state index contributed by atoms with van der Waals surface area (Å²) in [7, 11) is 1.88. The highest BCUT2D eigenvalue weighted by Gasteiger charge is 2.25. The summed E-state index contributed by atoms with van der Waals surface area (Å²) in [5.41, 5.74) is 6.91. The van der Waals surface area contributed by atoms with Gasteiger partial charge in [-0.05, 0) is 6.92 Å². The third-order valence-electron chi connectivity index (χ3n) is 2.42. The van der Waals surface area contributed by atoms with E-state index in [4.69, 9.17) is 5.73 Å². The van der Waals surface area contributed by atoms with Crippen LogP contribution in [0, 0.1) is 0 Å². The molecule has 0 bridgehead atoms. The predicted octanol–water partition coefficient (Wildman–Crippen LogP) is 1.09. The number of nitrogen functional groups attached to an aromatic ring is 1. The summed E-state index contributed by atoms with van der Waals surface area (Å²) in [5.74, 6) is 0. The summed E-state index contributed by atoms with van der Waals surface area (Å²) in [6.45, 7) is 8.75. The summed E-state index contributed by atoms with van der Waals surface area (Å²) in [5, 5.41) is 0. The van der Waals surface area contributed by atoms with Crippen molar-refractivity contribution >= 4 is 5.69 Å². The van der Waals surface area contributed by atoms with Gasteiger partial charge in [-0.15, -0.1) is 0 Å². The minimum atomic E-state index is -0.0988. The van der Waals surface area contributed by atoms with Crippen LogP contribution in [0.15, 0.2) is 4.79 Å². The summed E-state index contributed by atoms with van der Waals surface area (Å²) < 4.78 is 3.51. The molecule has 1 aromatic heterocycles. The van der Waals surface area contributed by atoms with Gasteiger partial charge in [-0.25, -0.2) is 4.68 Å². The third-order valence-corrected chi connectivity index (χ3v) is 2.42. The van der Waals surface area contributed by atoms with Crippen LogP contribution in [0.3, 0.4) is 0 Å². The first kappa shape index (κ1) is 10.9. The Labute approximate surface area is 84.3 Å². The summed E-state index contributed by atoms with van der Waals surface area (Å²) in [4.78, 5) is 11.7. The molecule has 1 rings (SSSR count). The molecule has 0 aliphatic heterocycles. The topological polar surface area (TPSA) is 52.9 Å². The second kappa shape index (κ2) is 3.19. The molecule has 0 spiro atoms. The van der Waals surface area contributed by atoms with Crippen molar-refractivity contribution in [3.63, 3.8) is 0 Å². The fourth-order valence-electron chi connectivity index (χ4n) is 1.92. The van der Waals surface area contributed by atoms with E-state index in [2.05, 4.69) is 20.8 Å². The molecule has 0 saturated heterocycles. The second-order valence-electron chi connectivity index (χ2n) is 4.56. The minimum absolute atomic E-state index is 0.0834. The zero-order chi connectivity index (χ0) is 11.1. The maximum absolute atomic E-state index is 11.7. The van der Waals surface area contributed by atoms with Crippen molar-refractivity contribution in [2.75, 3.05) is 5.73 Å². The average molecular weight is 197 g/mol. The van der Waals surface area contributed by atoms with Crippen molar-refractivity contribution in [3.8, 4) is 0 Å². The second-order valence-corrected chi connectivity index (χ2v) is 4.56. The van der Waals surface area contributed by atoms with E-state index >= 15 is 0 Å². The largest absolute Gasteiger partial charge is 0.393 e. The number of anilines is 1. The van der Waals surface area contributed by atoms with Crippen molar-refractivity contribution < 1.29 is 0 Å². The summed E-state index contributed by atoms with van der Waals surface area (Å²) in [6.07, 6.45) is 0. The van der Waals surface area contributed by atoms with E-state index < -0.39 is 0 Å². The Kier molecular flexibility index (Phi) is 2.48. The molecule has 0 fully saturated rings. The SMILES string of the molecule is CCn1c(=O)c(N)c(C(C)(C)C)n1C. The van der Waals surface area contributed by atoms with Crippen molar-refractivity contribution in [2.45, 2.75) is 39.7 Å². The van der Waals surface area contributed by atoms with Gasteiger partial charge in [-0.3, -0.25) is 9.48 Å². The van der Waals surface area contributed by atoms with E-state index in [1.54, 1.807) is 4.68 Å². The van der Waals surface area contributed by atoms with Gasteiger partial charge in [0.1, 0.15) is 5.69 Å². The monoisotopic (exact) mass is 197 g/mol. The molecular formula is C10H19N3O. The van der Waals surface area contributed by atoms with Crippen LogP contribution in [0.1, 0.15) is 33.4 Å². The van der Waals surface area contributed by atoms with E-state index in [0.29, 0.717) is 12.2 Å². The lowest BCUT2D eigenvalue weighted by Gasteiger charge is -2.20. The van der Waals surface area contributed by atoms with Crippen LogP contribution < -0.4 is 11.3 Å². The molecule has 0 amide bonds. The number of nitrogens with two attached hydrogens (primary N) is 1. The summed E-state index contributed by atoms with van der Waals surface area (Å²) >= 11 is 0. The van der Waals surface area contributed by atoms with Crippen LogP contribution >= 0.6 is 0 Å². The normalized spacial score (nSPS) is 12.1. The molecule has 1 heterocycles. The molecule has 2 N–H and O–H groups in total. The molecule has 0 unspecified atom stereocenters. The predicted molar refractivity (Wildman–Crippen MR) is 58.5 cm³/mol. The molecule has 4 nitrogen and oxygen atoms in total. The Morgan fingerprint density at radius 2 is 1.86 bits per heavy atom. The number of aromatic nitrogens is 2. The van der Waals surface area contributed by atoms with Crippen LogP contribution in [0.4, 0.5) is 5.69 Å². The zero-order valence-corrected chi connectivity index (χ0v) is 9.59. The fourth-order valence-corrected chi connectivity index (χ4v) is 1.92. The molecule has 14 heavy (non-hydrogen) atoms. The Balaban J connectivity index is 3.54. The minimum Gasteiger partial charge on any atom is -0.393 e. The van der Waals surface area contributed by atoms with Gasteiger partial charge >= 0.3 is 0 Å². The quantitative estimate of drug-likeness (QED) is 0.732. The maximum Gasteiger partial charge on any atom is 0.290 e. The van der Waals surface area contributed by atoms with E-state index in [9.17, 15) is 4.79 Å². The lowest BCUT2D eigenvalue weighted by molar-refractivity contribution is 0.453. The fraction of sp³-hybridized carbons (Fsp3) is 0.700. The first-order valence-electron chi connectivity index (χ1n) is 4.86. The van der Waals surface area contributed by atoms with Gasteiger partial charge in [0.05, 0.1) is 5.69 Å². The molecule has 0 saturated carbocycles. The third kappa shape index (κ3) is 1.45. The van der Waals surface area contributed by atoms with Crippen LogP contribution in [0.25, 0.3) is 0 Å². The van der Waals surface area contributed by atoms with Crippen LogP contribution in [-0.2, 0) is 19.0 Å². The van der Waals surface area contributed by atoms with Crippen LogP contribution in [-0.4, -0.2) is 9.36 Å². The van der Waals surface area contributed by atoms with Gasteiger partial charge in [-0.2, -0.15) is 0 Å². The average Bonchev–Trinajstić information content (AvgIpc) is 2.22. The molecule has 0 aliphatic rings. The highest BCUT2D eigenvalue weighted by atomic mass is 16.1. The summed E-state index contributed by atoms with van der Waals surface area (Å²) in [6, 6.07) is 0. The van der Waals surface area contributed by atoms with E-state index in [1.807, 2.05) is 18.7 Å². The standard InChI is InChI=1S/C10H19N3O/c1-6-13-9(14)7(11)8(12(13)5)10(2,3)4/h6,11H2,1-5H3. The first-order valence-corrected chi connectivity index (χ1v) is 4.86. The maximum atomic E-state index is 11.7. The van der Waals surface area contributed by atoms with Gasteiger partial charge in [0.2, 0.25) is 0 Å². The van der Waals surface area contributed by atoms with Gasteiger partial charge in [0.15, 0.2) is 0 Å². The van der Waals surface area contributed by atoms with Gasteiger partial charge in [0, 0.05) is 19.0 Å². The van der Waals surface area contributed by atoms with Crippen molar-refractivity contribution in [1.29, 1.82) is 0 Å². The molecule has 1 aromatic rings. The van der Waals surface area contributed by atoms with E-state index in [0.717, 1.165) is 5.69 Å². The lowest BCUT2D eigenvalue weighted by Crippen LogP contribution is -2.22. The van der Waals surface area contributed by atoms with Gasteiger partial charge < -0.3 is 5.73 Å². The molecule has 4 heteroatoms. The molecule has 0 radical (unpaired) electrons. The van der Waals surface area contributed by atoms with Crippen molar-refractivity contribution in [3.05, 3.63) is 16.0 Å². The molecule has 0 aliphatic carbocycles. The number of rotatable bonds is 1. The smallest absolute Gasteiger partial charge is 0.290 e. The van der Waals surface area contributed by atoms with Crippen molar-refractivity contribution in [1.82, 2.24) is 9.36 Å². The lowest BCUT2D eigenvalue weighted by atomic mass is 9.91. The Morgan fingerprint density at radius 3 is 2.07 bits per heavy atom. The first-order chi connectivity index (χ1) is 6.30. The van der Waals surface area contributed by atoms with Gasteiger partial charge in [-0.1, -0.05) is 20.8 Å². The molecule has 80 valence electrons. The number of hydrogen-bond donors (Lipinski definition) is 1. The van der Waals surface area contributed by atoms with Crippen molar-refractivity contribution in [2.24, 2.45) is 7.05 Å². The van der Waals surface area contributed by atoms with Crippen LogP contribution in [0.5, 0.6) is 0 Å². The number of nitrogens with zero attached hydrogens (tertiary/aromatic N) is 2. The Bertz CT molecular complexity index is 393. The molecule has 0 atom stereocenters.